The van der Waals surface area contributed by atoms with Crippen LogP contribution in [0.25, 0.3) is 0 Å². The molecular formula is C38H49BrCl2N4O4. The fourth-order valence-electron chi connectivity index (χ4n) is 6.20. The zero-order chi connectivity index (χ0) is 35.2. The number of benzene rings is 3. The van der Waals surface area contributed by atoms with Gasteiger partial charge in [-0.25, -0.2) is 4.79 Å². The number of hydrogen-bond acceptors (Lipinski definition) is 8. The molecule has 11 heteroatoms. The highest BCUT2D eigenvalue weighted by molar-refractivity contribution is 9.10. The Kier molecular flexibility index (Phi) is 16.0. The fraction of sp³-hybridized carbons (Fsp3) is 0.474. The molecule has 1 fully saturated rings. The minimum absolute atomic E-state index is 0.0909. The molecule has 0 aliphatic heterocycles. The summed E-state index contributed by atoms with van der Waals surface area (Å²) in [6, 6.07) is 16.9. The number of nitrogens with two attached hydrogens (primary N) is 1. The summed E-state index contributed by atoms with van der Waals surface area (Å²) in [6.07, 6.45) is 8.33. The summed E-state index contributed by atoms with van der Waals surface area (Å²) in [5.41, 5.74) is 10.6. The lowest BCUT2D eigenvalue weighted by molar-refractivity contribution is -0.143. The summed E-state index contributed by atoms with van der Waals surface area (Å²) >= 11 is 16.2. The maximum atomic E-state index is 13.2. The normalized spacial score (nSPS) is 13.5. The molecule has 1 saturated carbocycles. The third kappa shape index (κ3) is 11.9. The van der Waals surface area contributed by atoms with E-state index >= 15 is 0 Å². The van der Waals surface area contributed by atoms with Crippen molar-refractivity contribution in [2.75, 3.05) is 50.4 Å². The van der Waals surface area contributed by atoms with Crippen molar-refractivity contribution in [3.63, 3.8) is 0 Å². The van der Waals surface area contributed by atoms with Crippen molar-refractivity contribution in [3.05, 3.63) is 85.8 Å². The quantitative estimate of drug-likeness (QED) is 0.0976. The fourth-order valence-corrected chi connectivity index (χ4v) is 7.19. The largest absolute Gasteiger partial charge is 0.464 e. The first kappa shape index (κ1) is 39.0. The van der Waals surface area contributed by atoms with Crippen molar-refractivity contribution < 1.29 is 19.1 Å². The van der Waals surface area contributed by atoms with Crippen LogP contribution in [0, 0.1) is 0 Å². The number of nitrogens with zero attached hydrogens (tertiary/aromatic N) is 2. The van der Waals surface area contributed by atoms with E-state index in [4.69, 9.17) is 38.4 Å². The monoisotopic (exact) mass is 774 g/mol. The van der Waals surface area contributed by atoms with E-state index in [2.05, 4.69) is 44.9 Å². The minimum atomic E-state index is -0.380. The van der Waals surface area contributed by atoms with E-state index < -0.39 is 0 Å². The number of carbonyl (C=O) groups excluding carboxylic acids is 2. The van der Waals surface area contributed by atoms with Gasteiger partial charge in [-0.3, -0.25) is 14.6 Å². The lowest BCUT2D eigenvalue weighted by Gasteiger charge is -2.34. The number of para-hydroxylation sites is 2. The number of hydrogen-bond donors (Lipinski definition) is 2. The summed E-state index contributed by atoms with van der Waals surface area (Å²) in [5.74, 6) is -0.717. The van der Waals surface area contributed by atoms with E-state index in [1.807, 2.05) is 30.3 Å². The lowest BCUT2D eigenvalue weighted by atomic mass is 9.93. The average Bonchev–Trinajstić information content (AvgIpc) is 3.10. The van der Waals surface area contributed by atoms with Crippen molar-refractivity contribution in [1.29, 1.82) is 0 Å². The number of unbranched alkanes of at least 4 members (excludes halogenated alkanes) is 1. The maximum Gasteiger partial charge on any atom is 0.338 e. The second-order valence-electron chi connectivity index (χ2n) is 12.5. The van der Waals surface area contributed by atoms with Crippen LogP contribution in [0.4, 0.5) is 17.1 Å². The van der Waals surface area contributed by atoms with Crippen LogP contribution in [0.15, 0.2) is 59.1 Å². The third-order valence-corrected chi connectivity index (χ3v) is 10.3. The summed E-state index contributed by atoms with van der Waals surface area (Å²) in [7, 11) is 0. The molecule has 1 aliphatic carbocycles. The van der Waals surface area contributed by atoms with Gasteiger partial charge in [-0.05, 0) is 89.7 Å². The molecule has 0 bridgehead atoms. The van der Waals surface area contributed by atoms with Crippen molar-refractivity contribution >= 4 is 68.1 Å². The first-order valence-corrected chi connectivity index (χ1v) is 18.9. The molecule has 3 aromatic rings. The van der Waals surface area contributed by atoms with Crippen LogP contribution in [0.5, 0.6) is 0 Å². The Labute approximate surface area is 309 Å². The van der Waals surface area contributed by atoms with Gasteiger partial charge in [-0.15, -0.1) is 0 Å². The van der Waals surface area contributed by atoms with Gasteiger partial charge in [0.2, 0.25) is 0 Å². The van der Waals surface area contributed by atoms with Crippen LogP contribution in [-0.2, 0) is 27.2 Å². The standard InChI is InChI=1S/C38H49BrCl2N4O4/c1-3-5-18-44(19-21-48-35(46)25-27-12-9-10-17-34(27)43-37-32(40)15-11-16-33(37)41)20-22-49-38(47)28-23-29(36(42)31(39)24-28)26-45(4-2)30-13-7-6-8-14-30/h9-12,15-17,23-24,30,43H,3-8,13-14,18-22,25-26,42H2,1-2H3. The van der Waals surface area contributed by atoms with E-state index in [1.54, 1.807) is 24.3 Å². The van der Waals surface area contributed by atoms with E-state index in [9.17, 15) is 9.59 Å². The molecule has 0 radical (unpaired) electrons. The molecule has 0 aromatic heterocycles. The first-order valence-electron chi connectivity index (χ1n) is 17.4. The van der Waals surface area contributed by atoms with E-state index in [0.29, 0.717) is 57.1 Å². The number of nitrogens with one attached hydrogen (secondary N) is 1. The van der Waals surface area contributed by atoms with Gasteiger partial charge >= 0.3 is 11.9 Å². The highest BCUT2D eigenvalue weighted by atomic mass is 79.9. The molecule has 8 nitrogen and oxygen atoms in total. The number of ether oxygens (including phenoxy) is 2. The molecule has 4 rings (SSSR count). The van der Waals surface area contributed by atoms with E-state index in [-0.39, 0.29) is 31.6 Å². The molecule has 0 saturated heterocycles. The summed E-state index contributed by atoms with van der Waals surface area (Å²) in [6.45, 7) is 8.27. The number of esters is 2. The van der Waals surface area contributed by atoms with Gasteiger partial charge in [0, 0.05) is 35.8 Å². The highest BCUT2D eigenvalue weighted by Gasteiger charge is 2.22. The number of rotatable bonds is 18. The Morgan fingerprint density at radius 1 is 0.918 bits per heavy atom. The Balaban J connectivity index is 1.28. The molecule has 0 spiro atoms. The van der Waals surface area contributed by atoms with Gasteiger partial charge in [0.15, 0.2) is 0 Å². The Morgan fingerprint density at radius 2 is 1.61 bits per heavy atom. The Hall–Kier alpha value is -2.82. The molecular weight excluding hydrogens is 727 g/mol. The van der Waals surface area contributed by atoms with Crippen molar-refractivity contribution in [3.8, 4) is 0 Å². The summed E-state index contributed by atoms with van der Waals surface area (Å²) in [5, 5.41) is 4.23. The number of nitrogen functional groups attached to an aromatic ring is 1. The predicted molar refractivity (Wildman–Crippen MR) is 204 cm³/mol. The van der Waals surface area contributed by atoms with Crippen molar-refractivity contribution in [2.24, 2.45) is 0 Å². The lowest BCUT2D eigenvalue weighted by Crippen LogP contribution is -2.36. The molecule has 49 heavy (non-hydrogen) atoms. The average molecular weight is 777 g/mol. The van der Waals surface area contributed by atoms with Crippen LogP contribution in [-0.4, -0.2) is 67.2 Å². The smallest absolute Gasteiger partial charge is 0.338 e. The van der Waals surface area contributed by atoms with Crippen LogP contribution in [0.3, 0.4) is 0 Å². The molecule has 266 valence electrons. The van der Waals surface area contributed by atoms with Gasteiger partial charge < -0.3 is 20.5 Å². The Morgan fingerprint density at radius 3 is 2.31 bits per heavy atom. The molecule has 0 amide bonds. The van der Waals surface area contributed by atoms with E-state index in [1.165, 1.54) is 32.1 Å². The van der Waals surface area contributed by atoms with Gasteiger partial charge in [0.25, 0.3) is 0 Å². The maximum absolute atomic E-state index is 13.2. The van der Waals surface area contributed by atoms with Gasteiger partial charge in [0.1, 0.15) is 13.2 Å². The molecule has 3 N–H and O–H groups in total. The summed E-state index contributed by atoms with van der Waals surface area (Å²) in [4.78, 5) is 30.6. The number of carbonyl (C=O) groups is 2. The van der Waals surface area contributed by atoms with Gasteiger partial charge in [-0.1, -0.05) is 87.0 Å². The minimum Gasteiger partial charge on any atom is -0.464 e. The van der Waals surface area contributed by atoms with Gasteiger partial charge in [0.05, 0.1) is 33.4 Å². The molecule has 0 atom stereocenters. The molecule has 0 unspecified atom stereocenters. The van der Waals surface area contributed by atoms with Crippen molar-refractivity contribution in [2.45, 2.75) is 77.8 Å². The van der Waals surface area contributed by atoms with Gasteiger partial charge in [-0.2, -0.15) is 0 Å². The van der Waals surface area contributed by atoms with Crippen LogP contribution in [0.2, 0.25) is 10.0 Å². The van der Waals surface area contributed by atoms with Crippen LogP contribution in [0.1, 0.15) is 80.3 Å². The third-order valence-electron chi connectivity index (χ3n) is 9.04. The highest BCUT2D eigenvalue weighted by Crippen LogP contribution is 2.34. The zero-order valence-electron chi connectivity index (χ0n) is 28.6. The topological polar surface area (TPSA) is 97.1 Å². The first-order chi connectivity index (χ1) is 23.7. The number of anilines is 3. The predicted octanol–water partition coefficient (Wildman–Crippen LogP) is 9.28. The SMILES string of the molecule is CCCCN(CCOC(=O)Cc1ccccc1Nc1c(Cl)cccc1Cl)CCOC(=O)c1cc(Br)c(N)c(CN(CC)C2CCCCC2)c1. The molecule has 0 heterocycles. The molecule has 3 aromatic carbocycles. The zero-order valence-corrected chi connectivity index (χ0v) is 31.7. The van der Waals surface area contributed by atoms with Crippen molar-refractivity contribution in [1.82, 2.24) is 9.80 Å². The second-order valence-corrected chi connectivity index (χ2v) is 14.2. The molecule has 1 aliphatic rings. The Bertz CT molecular complexity index is 1520. The van der Waals surface area contributed by atoms with Crippen LogP contribution < -0.4 is 11.1 Å². The summed E-state index contributed by atoms with van der Waals surface area (Å²) < 4.78 is 12.1. The van der Waals surface area contributed by atoms with E-state index in [0.717, 1.165) is 42.7 Å². The number of halogens is 3. The second kappa shape index (κ2) is 20.1. The van der Waals surface area contributed by atoms with Crippen LogP contribution >= 0.6 is 39.1 Å².